The SMILES string of the molecule is c1snnc1CNCC1CN2CCN1CC2. The van der Waals surface area contributed by atoms with Crippen LogP contribution in [-0.4, -0.2) is 64.7 Å². The van der Waals surface area contributed by atoms with E-state index < -0.39 is 0 Å². The number of nitrogens with one attached hydrogen (secondary N) is 1. The summed E-state index contributed by atoms with van der Waals surface area (Å²) in [6.45, 7) is 8.13. The third-order valence-corrected chi connectivity index (χ3v) is 4.04. The smallest absolute Gasteiger partial charge is 0.0893 e. The van der Waals surface area contributed by atoms with Crippen LogP contribution in [0.2, 0.25) is 0 Å². The van der Waals surface area contributed by atoms with Gasteiger partial charge in [-0.2, -0.15) is 0 Å². The highest BCUT2D eigenvalue weighted by atomic mass is 32.1. The van der Waals surface area contributed by atoms with Gasteiger partial charge in [0.05, 0.1) is 5.69 Å². The Morgan fingerprint density at radius 2 is 2.25 bits per heavy atom. The maximum atomic E-state index is 4.03. The maximum Gasteiger partial charge on any atom is 0.0893 e. The lowest BCUT2D eigenvalue weighted by Crippen LogP contribution is -2.63. The van der Waals surface area contributed by atoms with Crippen molar-refractivity contribution < 1.29 is 0 Å². The molecule has 0 aliphatic carbocycles. The first-order valence-electron chi connectivity index (χ1n) is 5.85. The van der Waals surface area contributed by atoms with Gasteiger partial charge in [-0.15, -0.1) is 5.10 Å². The van der Waals surface area contributed by atoms with Gasteiger partial charge in [-0.05, 0) is 11.5 Å². The van der Waals surface area contributed by atoms with Crippen molar-refractivity contribution >= 4 is 11.5 Å². The second kappa shape index (κ2) is 4.75. The van der Waals surface area contributed by atoms with Crippen LogP contribution in [0.3, 0.4) is 0 Å². The molecule has 3 saturated heterocycles. The molecule has 1 aromatic rings. The van der Waals surface area contributed by atoms with E-state index in [2.05, 4.69) is 24.7 Å². The molecule has 0 saturated carbocycles. The van der Waals surface area contributed by atoms with Crippen LogP contribution < -0.4 is 5.32 Å². The highest BCUT2D eigenvalue weighted by Gasteiger charge is 2.31. The molecule has 0 aromatic carbocycles. The van der Waals surface area contributed by atoms with Gasteiger partial charge in [0, 0.05) is 57.2 Å². The van der Waals surface area contributed by atoms with Crippen LogP contribution in [0.5, 0.6) is 0 Å². The molecule has 4 heterocycles. The van der Waals surface area contributed by atoms with Crippen LogP contribution in [0, 0.1) is 0 Å². The quantitative estimate of drug-likeness (QED) is 0.776. The Morgan fingerprint density at radius 1 is 1.38 bits per heavy atom. The number of hydrogen-bond donors (Lipinski definition) is 1. The first-order chi connectivity index (χ1) is 7.92. The van der Waals surface area contributed by atoms with Crippen molar-refractivity contribution in [2.75, 3.05) is 39.3 Å². The van der Waals surface area contributed by atoms with Crippen LogP contribution in [0.15, 0.2) is 5.38 Å². The maximum absolute atomic E-state index is 4.03. The molecular weight excluding hydrogens is 222 g/mol. The van der Waals surface area contributed by atoms with E-state index in [9.17, 15) is 0 Å². The Bertz CT molecular complexity index is 320. The van der Waals surface area contributed by atoms with Gasteiger partial charge in [0.1, 0.15) is 0 Å². The monoisotopic (exact) mass is 239 g/mol. The van der Waals surface area contributed by atoms with Crippen LogP contribution in [0.4, 0.5) is 0 Å². The summed E-state index contributed by atoms with van der Waals surface area (Å²) in [4.78, 5) is 5.17. The van der Waals surface area contributed by atoms with Crippen molar-refractivity contribution in [1.82, 2.24) is 24.7 Å². The van der Waals surface area contributed by atoms with Gasteiger partial charge in [0.2, 0.25) is 0 Å². The van der Waals surface area contributed by atoms with E-state index in [4.69, 9.17) is 0 Å². The first kappa shape index (κ1) is 10.6. The van der Waals surface area contributed by atoms with Crippen LogP contribution in [0.25, 0.3) is 0 Å². The fraction of sp³-hybridized carbons (Fsp3) is 0.800. The summed E-state index contributed by atoms with van der Waals surface area (Å²) >= 11 is 1.42. The van der Waals surface area contributed by atoms with Crippen molar-refractivity contribution in [3.8, 4) is 0 Å². The fourth-order valence-electron chi connectivity index (χ4n) is 2.55. The second-order valence-corrected chi connectivity index (χ2v) is 5.13. The van der Waals surface area contributed by atoms with Crippen molar-refractivity contribution in [3.63, 3.8) is 0 Å². The summed E-state index contributed by atoms with van der Waals surface area (Å²) in [6.07, 6.45) is 0. The predicted molar refractivity (Wildman–Crippen MR) is 63.4 cm³/mol. The second-order valence-electron chi connectivity index (χ2n) is 4.52. The molecule has 0 spiro atoms. The summed E-state index contributed by atoms with van der Waals surface area (Å²) in [5.74, 6) is 0. The topological polar surface area (TPSA) is 44.3 Å². The summed E-state index contributed by atoms with van der Waals surface area (Å²) in [5, 5.41) is 9.51. The molecule has 1 unspecified atom stereocenters. The molecule has 1 aromatic heterocycles. The zero-order valence-corrected chi connectivity index (χ0v) is 10.1. The van der Waals surface area contributed by atoms with Crippen molar-refractivity contribution in [3.05, 3.63) is 11.1 Å². The Kier molecular flexibility index (Phi) is 3.14. The van der Waals surface area contributed by atoms with Gasteiger partial charge in [0.15, 0.2) is 0 Å². The molecule has 1 atom stereocenters. The largest absolute Gasteiger partial charge is 0.309 e. The molecule has 0 radical (unpaired) electrons. The molecule has 3 aliphatic heterocycles. The van der Waals surface area contributed by atoms with Crippen LogP contribution >= 0.6 is 11.5 Å². The summed E-state index contributed by atoms with van der Waals surface area (Å²) in [5.41, 5.74) is 1.06. The molecule has 16 heavy (non-hydrogen) atoms. The number of aromatic nitrogens is 2. The van der Waals surface area contributed by atoms with Crippen LogP contribution in [-0.2, 0) is 6.54 Å². The van der Waals surface area contributed by atoms with Gasteiger partial charge < -0.3 is 5.32 Å². The third-order valence-electron chi connectivity index (χ3n) is 3.48. The Hall–Kier alpha value is -0.560. The van der Waals surface area contributed by atoms with Gasteiger partial charge in [-0.25, -0.2) is 0 Å². The minimum Gasteiger partial charge on any atom is -0.309 e. The Morgan fingerprint density at radius 3 is 2.88 bits per heavy atom. The normalized spacial score (nSPS) is 33.1. The molecule has 4 rings (SSSR count). The number of fused-ring (bicyclic) bond motifs is 3. The Balaban J connectivity index is 1.45. The van der Waals surface area contributed by atoms with Crippen molar-refractivity contribution in [2.24, 2.45) is 0 Å². The summed E-state index contributed by atoms with van der Waals surface area (Å²) < 4.78 is 3.86. The average Bonchev–Trinajstić information content (AvgIpc) is 2.84. The van der Waals surface area contributed by atoms with Gasteiger partial charge in [-0.3, -0.25) is 9.80 Å². The van der Waals surface area contributed by atoms with E-state index in [1.54, 1.807) is 0 Å². The minimum absolute atomic E-state index is 0.689. The molecule has 3 aliphatic rings. The minimum atomic E-state index is 0.689. The highest BCUT2D eigenvalue weighted by molar-refractivity contribution is 7.03. The standard InChI is InChI=1S/C10H17N5S/c1-3-15-4-2-14(1)7-10(15)6-11-5-9-8-16-13-12-9/h8,10-11H,1-7H2. The van der Waals surface area contributed by atoms with Crippen molar-refractivity contribution in [2.45, 2.75) is 12.6 Å². The Labute approximate surface area is 99.6 Å². The van der Waals surface area contributed by atoms with Gasteiger partial charge in [-0.1, -0.05) is 4.49 Å². The molecule has 5 nitrogen and oxygen atoms in total. The number of piperazine rings is 3. The first-order valence-corrected chi connectivity index (χ1v) is 6.68. The molecule has 0 amide bonds. The van der Waals surface area contributed by atoms with Crippen LogP contribution in [0.1, 0.15) is 5.69 Å². The lowest BCUT2D eigenvalue weighted by atomic mass is 10.1. The fourth-order valence-corrected chi connectivity index (χ4v) is 3.00. The van der Waals surface area contributed by atoms with E-state index >= 15 is 0 Å². The molecule has 1 N–H and O–H groups in total. The lowest BCUT2D eigenvalue weighted by molar-refractivity contribution is 0.0136. The predicted octanol–water partition coefficient (Wildman–Crippen LogP) is -0.372. The van der Waals surface area contributed by atoms with E-state index in [0.29, 0.717) is 6.04 Å². The molecule has 2 bridgehead atoms. The molecule has 88 valence electrons. The summed E-state index contributed by atoms with van der Waals surface area (Å²) in [7, 11) is 0. The lowest BCUT2D eigenvalue weighted by Gasteiger charge is -2.47. The zero-order chi connectivity index (χ0) is 10.8. The van der Waals surface area contributed by atoms with Crippen molar-refractivity contribution in [1.29, 1.82) is 0 Å². The van der Waals surface area contributed by atoms with E-state index in [-0.39, 0.29) is 0 Å². The number of nitrogens with zero attached hydrogens (tertiary/aromatic N) is 4. The van der Waals surface area contributed by atoms with Gasteiger partial charge >= 0.3 is 0 Å². The molecular formula is C10H17N5S. The van der Waals surface area contributed by atoms with Gasteiger partial charge in [0.25, 0.3) is 0 Å². The zero-order valence-electron chi connectivity index (χ0n) is 9.30. The summed E-state index contributed by atoms with van der Waals surface area (Å²) in [6, 6.07) is 0.689. The van der Waals surface area contributed by atoms with E-state index in [0.717, 1.165) is 18.8 Å². The number of rotatable bonds is 4. The molecule has 6 heteroatoms. The highest BCUT2D eigenvalue weighted by Crippen LogP contribution is 2.14. The third kappa shape index (κ3) is 2.24. The molecule has 3 fully saturated rings. The number of hydrogen-bond acceptors (Lipinski definition) is 6. The average molecular weight is 239 g/mol. The van der Waals surface area contributed by atoms with E-state index in [1.807, 2.05) is 5.38 Å². The van der Waals surface area contributed by atoms with E-state index in [1.165, 1.54) is 44.3 Å².